The van der Waals surface area contributed by atoms with Gasteiger partial charge in [0, 0.05) is 31.8 Å². The summed E-state index contributed by atoms with van der Waals surface area (Å²) in [5.41, 5.74) is 2.85. The fourth-order valence-corrected chi connectivity index (χ4v) is 4.27. The van der Waals surface area contributed by atoms with Crippen molar-refractivity contribution >= 4 is 17.7 Å². The van der Waals surface area contributed by atoms with Gasteiger partial charge in [0.25, 0.3) is 0 Å². The van der Waals surface area contributed by atoms with Crippen LogP contribution in [0.15, 0.2) is 34.9 Å². The van der Waals surface area contributed by atoms with Gasteiger partial charge in [-0.05, 0) is 43.8 Å². The predicted octanol–water partition coefficient (Wildman–Crippen LogP) is 4.08. The van der Waals surface area contributed by atoms with Gasteiger partial charge in [-0.3, -0.25) is 9.59 Å². The third-order valence-corrected chi connectivity index (χ3v) is 5.24. The lowest BCUT2D eigenvalue weighted by Gasteiger charge is -2.42. The number of allylic oxidation sites excluding steroid dienone is 2. The van der Waals surface area contributed by atoms with Crippen molar-refractivity contribution in [1.82, 2.24) is 0 Å². The third kappa shape index (κ3) is 5.91. The number of ketones is 1. The average molecular weight is 374 g/mol. The molecule has 0 fully saturated rings. The summed E-state index contributed by atoms with van der Waals surface area (Å²) in [6.45, 7) is 9.91. The second-order valence-electron chi connectivity index (χ2n) is 8.35. The van der Waals surface area contributed by atoms with Gasteiger partial charge < -0.3 is 9.47 Å². The number of hydrogen-bond donors (Lipinski definition) is 0. The summed E-state index contributed by atoms with van der Waals surface area (Å²) >= 11 is 0. The predicted molar refractivity (Wildman–Crippen MR) is 103 cm³/mol. The summed E-state index contributed by atoms with van der Waals surface area (Å²) in [4.78, 5) is 34.8. The van der Waals surface area contributed by atoms with Crippen LogP contribution in [0.4, 0.5) is 0 Å². The quantitative estimate of drug-likeness (QED) is 0.496. The van der Waals surface area contributed by atoms with Gasteiger partial charge >= 0.3 is 11.9 Å². The largest absolute Gasteiger partial charge is 0.462 e. The first kappa shape index (κ1) is 21.1. The van der Waals surface area contributed by atoms with Crippen molar-refractivity contribution in [3.8, 4) is 0 Å². The Morgan fingerprint density at radius 1 is 1.33 bits per heavy atom. The molecule has 2 aliphatic rings. The molecule has 0 aromatic rings. The second-order valence-corrected chi connectivity index (χ2v) is 8.35. The van der Waals surface area contributed by atoms with Gasteiger partial charge in [0.1, 0.15) is 12.7 Å². The number of rotatable bonds is 7. The molecular weight excluding hydrogens is 344 g/mol. The van der Waals surface area contributed by atoms with Crippen LogP contribution in [0, 0.1) is 11.3 Å². The highest BCUT2D eigenvalue weighted by Gasteiger charge is 2.42. The number of carbonyl (C=O) groups is 3. The van der Waals surface area contributed by atoms with Gasteiger partial charge in [-0.25, -0.2) is 4.79 Å². The molecule has 0 radical (unpaired) electrons. The molecule has 0 unspecified atom stereocenters. The number of ether oxygens (including phenoxy) is 2. The zero-order chi connectivity index (χ0) is 20.2. The van der Waals surface area contributed by atoms with Crippen LogP contribution in [0.1, 0.15) is 60.3 Å². The first-order chi connectivity index (χ1) is 12.6. The Bertz CT molecular complexity index is 708. The molecule has 5 nitrogen and oxygen atoms in total. The molecule has 2 rings (SSSR count). The smallest absolute Gasteiger partial charge is 0.331 e. The molecule has 2 atom stereocenters. The van der Waals surface area contributed by atoms with Gasteiger partial charge in [0.15, 0.2) is 5.78 Å². The van der Waals surface area contributed by atoms with Crippen molar-refractivity contribution < 1.29 is 23.9 Å². The van der Waals surface area contributed by atoms with Crippen LogP contribution in [-0.4, -0.2) is 30.4 Å². The Morgan fingerprint density at radius 2 is 2.04 bits per heavy atom. The molecule has 0 saturated heterocycles. The monoisotopic (exact) mass is 374 g/mol. The molecule has 0 aromatic heterocycles. The summed E-state index contributed by atoms with van der Waals surface area (Å²) in [7, 11) is 0. The van der Waals surface area contributed by atoms with E-state index in [0.29, 0.717) is 19.4 Å². The van der Waals surface area contributed by atoms with Gasteiger partial charge in [0.2, 0.25) is 0 Å². The maximum atomic E-state index is 12.0. The molecule has 0 aromatic carbocycles. The zero-order valence-corrected chi connectivity index (χ0v) is 17.0. The summed E-state index contributed by atoms with van der Waals surface area (Å²) in [5, 5.41) is 0. The van der Waals surface area contributed by atoms with Crippen LogP contribution in [0.25, 0.3) is 0 Å². The van der Waals surface area contributed by atoms with E-state index in [1.165, 1.54) is 6.92 Å². The third-order valence-electron chi connectivity index (χ3n) is 5.24. The van der Waals surface area contributed by atoms with Crippen LogP contribution in [0.2, 0.25) is 0 Å². The Hall–Kier alpha value is -2.17. The van der Waals surface area contributed by atoms with E-state index < -0.39 is 0 Å². The van der Waals surface area contributed by atoms with E-state index in [-0.39, 0.29) is 35.2 Å². The molecule has 0 saturated carbocycles. The van der Waals surface area contributed by atoms with E-state index in [0.717, 1.165) is 29.6 Å². The lowest BCUT2D eigenvalue weighted by molar-refractivity contribution is -0.150. The van der Waals surface area contributed by atoms with E-state index in [2.05, 4.69) is 19.9 Å². The molecule has 5 heteroatoms. The molecule has 0 spiro atoms. The lowest BCUT2D eigenvalue weighted by Crippen LogP contribution is -2.41. The summed E-state index contributed by atoms with van der Waals surface area (Å²) in [6.07, 6.45) is 7.75. The average Bonchev–Trinajstić information content (AvgIpc) is 2.89. The molecule has 1 aliphatic carbocycles. The number of hydrogen-bond acceptors (Lipinski definition) is 5. The van der Waals surface area contributed by atoms with Crippen molar-refractivity contribution in [3.05, 3.63) is 34.9 Å². The molecule has 1 aliphatic heterocycles. The van der Waals surface area contributed by atoms with E-state index in [1.54, 1.807) is 12.2 Å². The normalized spacial score (nSPS) is 23.4. The van der Waals surface area contributed by atoms with Crippen LogP contribution < -0.4 is 0 Å². The molecule has 148 valence electrons. The number of carbonyl (C=O) groups excluding carboxylic acids is 3. The molecule has 0 N–H and O–H groups in total. The van der Waals surface area contributed by atoms with Crippen LogP contribution in [0.3, 0.4) is 0 Å². The molecule has 0 amide bonds. The fourth-order valence-electron chi connectivity index (χ4n) is 4.27. The number of esters is 2. The van der Waals surface area contributed by atoms with Crippen LogP contribution in [-0.2, 0) is 23.9 Å². The minimum absolute atomic E-state index is 0.00557. The van der Waals surface area contributed by atoms with E-state index in [1.807, 2.05) is 13.8 Å². The molecule has 0 bridgehead atoms. The van der Waals surface area contributed by atoms with Crippen LogP contribution >= 0.6 is 0 Å². The summed E-state index contributed by atoms with van der Waals surface area (Å²) in [5.74, 6) is -0.438. The standard InChI is InChI=1S/C22H30O5/c1-14(7-6-8-17-11-20(25)26-13-17)9-19(27-16(3)23)21-15(2)10-18(24)12-22(21,4)5/h7,10-11,19,21H,6,8-9,12-13H2,1-5H3/b14-7+/t19-,21+/m1/s1. The van der Waals surface area contributed by atoms with Crippen LogP contribution in [0.5, 0.6) is 0 Å². The Balaban J connectivity index is 2.09. The first-order valence-corrected chi connectivity index (χ1v) is 9.48. The Kier molecular flexibility index (Phi) is 6.79. The molecular formula is C22H30O5. The number of cyclic esters (lactones) is 1. The fraction of sp³-hybridized carbons (Fsp3) is 0.591. The molecule has 1 heterocycles. The highest BCUT2D eigenvalue weighted by Crippen LogP contribution is 2.44. The highest BCUT2D eigenvalue weighted by atomic mass is 16.5. The van der Waals surface area contributed by atoms with Crippen molar-refractivity contribution in [2.75, 3.05) is 6.61 Å². The second kappa shape index (κ2) is 8.68. The Labute approximate surface area is 161 Å². The van der Waals surface area contributed by atoms with E-state index in [4.69, 9.17) is 9.47 Å². The van der Waals surface area contributed by atoms with Gasteiger partial charge in [-0.2, -0.15) is 0 Å². The van der Waals surface area contributed by atoms with Crippen molar-refractivity contribution in [2.24, 2.45) is 11.3 Å². The molecule has 27 heavy (non-hydrogen) atoms. The van der Waals surface area contributed by atoms with Gasteiger partial charge in [0.05, 0.1) is 0 Å². The van der Waals surface area contributed by atoms with Crippen molar-refractivity contribution in [1.29, 1.82) is 0 Å². The van der Waals surface area contributed by atoms with E-state index >= 15 is 0 Å². The minimum atomic E-state index is -0.305. The first-order valence-electron chi connectivity index (χ1n) is 9.48. The topological polar surface area (TPSA) is 69.7 Å². The van der Waals surface area contributed by atoms with Gasteiger partial charge in [-0.1, -0.05) is 31.1 Å². The zero-order valence-electron chi connectivity index (χ0n) is 17.0. The SMILES string of the molecule is CC(=O)O[C@H](C/C(C)=C/CCC1=CC(=O)OC1)[C@@H]1C(C)=CC(=O)CC1(C)C. The maximum Gasteiger partial charge on any atom is 0.331 e. The van der Waals surface area contributed by atoms with Crippen molar-refractivity contribution in [3.63, 3.8) is 0 Å². The van der Waals surface area contributed by atoms with Crippen molar-refractivity contribution in [2.45, 2.75) is 66.4 Å². The summed E-state index contributed by atoms with van der Waals surface area (Å²) < 4.78 is 10.6. The Morgan fingerprint density at radius 3 is 2.59 bits per heavy atom. The minimum Gasteiger partial charge on any atom is -0.462 e. The van der Waals surface area contributed by atoms with E-state index in [9.17, 15) is 14.4 Å². The summed E-state index contributed by atoms with van der Waals surface area (Å²) in [6, 6.07) is 0. The van der Waals surface area contributed by atoms with Gasteiger partial charge in [-0.15, -0.1) is 0 Å². The highest BCUT2D eigenvalue weighted by molar-refractivity contribution is 5.92. The maximum absolute atomic E-state index is 12.0. The lowest BCUT2D eigenvalue weighted by atomic mass is 9.65.